The minimum atomic E-state index is -0.502. The van der Waals surface area contributed by atoms with Gasteiger partial charge in [-0.25, -0.2) is 0 Å². The number of rotatable bonds is 4. The van der Waals surface area contributed by atoms with Crippen LogP contribution in [0.1, 0.15) is 19.0 Å². The molecule has 0 radical (unpaired) electrons. The zero-order chi connectivity index (χ0) is 9.90. The SMILES string of the molecule is Cc1ccnn1CCC(C)(N)CO. The average molecular weight is 183 g/mol. The van der Waals surface area contributed by atoms with Gasteiger partial charge < -0.3 is 10.8 Å². The third-order valence-corrected chi connectivity index (χ3v) is 2.18. The largest absolute Gasteiger partial charge is 0.394 e. The fourth-order valence-electron chi connectivity index (χ4n) is 1.07. The summed E-state index contributed by atoms with van der Waals surface area (Å²) in [6, 6.07) is 1.95. The number of hydrogen-bond acceptors (Lipinski definition) is 3. The summed E-state index contributed by atoms with van der Waals surface area (Å²) < 4.78 is 1.89. The van der Waals surface area contributed by atoms with E-state index in [4.69, 9.17) is 10.8 Å². The summed E-state index contributed by atoms with van der Waals surface area (Å²) in [4.78, 5) is 0. The molecule has 1 rings (SSSR count). The van der Waals surface area contributed by atoms with Gasteiger partial charge in [0.15, 0.2) is 0 Å². The van der Waals surface area contributed by atoms with E-state index >= 15 is 0 Å². The summed E-state index contributed by atoms with van der Waals surface area (Å²) in [7, 11) is 0. The maximum absolute atomic E-state index is 8.94. The molecule has 0 spiro atoms. The highest BCUT2D eigenvalue weighted by molar-refractivity contribution is 4.96. The Kier molecular flexibility index (Phi) is 3.06. The minimum absolute atomic E-state index is 0.00726. The maximum atomic E-state index is 8.94. The van der Waals surface area contributed by atoms with Crippen LogP contribution >= 0.6 is 0 Å². The van der Waals surface area contributed by atoms with E-state index in [1.807, 2.05) is 24.6 Å². The van der Waals surface area contributed by atoms with Crippen LogP contribution in [0.3, 0.4) is 0 Å². The fourth-order valence-corrected chi connectivity index (χ4v) is 1.07. The van der Waals surface area contributed by atoms with Crippen LogP contribution in [0.5, 0.6) is 0 Å². The molecule has 74 valence electrons. The first kappa shape index (κ1) is 10.2. The molecule has 0 amide bonds. The molecule has 0 bridgehead atoms. The summed E-state index contributed by atoms with van der Waals surface area (Å²) in [6.45, 7) is 4.60. The number of aryl methyl sites for hydroxylation is 2. The van der Waals surface area contributed by atoms with Gasteiger partial charge in [0.05, 0.1) is 6.61 Å². The number of hydrogen-bond donors (Lipinski definition) is 2. The van der Waals surface area contributed by atoms with E-state index in [0.717, 1.165) is 18.7 Å². The zero-order valence-corrected chi connectivity index (χ0v) is 8.20. The van der Waals surface area contributed by atoms with Crippen LogP contribution in [-0.4, -0.2) is 27.0 Å². The van der Waals surface area contributed by atoms with Crippen LogP contribution in [0.2, 0.25) is 0 Å². The molecule has 0 saturated carbocycles. The van der Waals surface area contributed by atoms with Gasteiger partial charge in [-0.1, -0.05) is 0 Å². The number of aliphatic hydroxyl groups excluding tert-OH is 1. The van der Waals surface area contributed by atoms with Crippen molar-refractivity contribution < 1.29 is 5.11 Å². The number of nitrogens with two attached hydrogens (primary N) is 1. The molecule has 0 aliphatic rings. The Hall–Kier alpha value is -0.870. The highest BCUT2D eigenvalue weighted by Crippen LogP contribution is 2.07. The Morgan fingerprint density at radius 1 is 1.69 bits per heavy atom. The van der Waals surface area contributed by atoms with Crippen LogP contribution in [0, 0.1) is 6.92 Å². The van der Waals surface area contributed by atoms with E-state index < -0.39 is 5.54 Å². The van der Waals surface area contributed by atoms with Gasteiger partial charge in [-0.3, -0.25) is 4.68 Å². The fraction of sp³-hybridized carbons (Fsp3) is 0.667. The first-order valence-corrected chi connectivity index (χ1v) is 4.43. The van der Waals surface area contributed by atoms with Crippen molar-refractivity contribution in [3.63, 3.8) is 0 Å². The van der Waals surface area contributed by atoms with Crippen molar-refractivity contribution in [2.75, 3.05) is 6.61 Å². The average Bonchev–Trinajstić information content (AvgIpc) is 2.48. The predicted octanol–water partition coefficient (Wildman–Crippen LogP) is 0.291. The second-order valence-corrected chi connectivity index (χ2v) is 3.76. The Labute approximate surface area is 78.4 Å². The summed E-state index contributed by atoms with van der Waals surface area (Å²) in [5, 5.41) is 13.1. The lowest BCUT2D eigenvalue weighted by molar-refractivity contribution is 0.194. The van der Waals surface area contributed by atoms with Crippen LogP contribution in [0.4, 0.5) is 0 Å². The van der Waals surface area contributed by atoms with E-state index in [0.29, 0.717) is 0 Å². The van der Waals surface area contributed by atoms with Crippen molar-refractivity contribution in [3.8, 4) is 0 Å². The normalized spacial score (nSPS) is 15.7. The standard InChI is InChI=1S/C9H17N3O/c1-8-3-5-11-12(8)6-4-9(2,10)7-13/h3,5,13H,4,6-7,10H2,1-2H3. The molecule has 1 atom stereocenters. The molecule has 1 aromatic heterocycles. The van der Waals surface area contributed by atoms with Crippen molar-refractivity contribution in [2.24, 2.45) is 5.73 Å². The quantitative estimate of drug-likeness (QED) is 0.705. The van der Waals surface area contributed by atoms with E-state index in [-0.39, 0.29) is 6.61 Å². The molecule has 0 saturated heterocycles. The molecule has 13 heavy (non-hydrogen) atoms. The molecule has 0 fully saturated rings. The Morgan fingerprint density at radius 3 is 2.85 bits per heavy atom. The van der Waals surface area contributed by atoms with Crippen molar-refractivity contribution in [1.82, 2.24) is 9.78 Å². The Morgan fingerprint density at radius 2 is 2.38 bits per heavy atom. The monoisotopic (exact) mass is 183 g/mol. The molecule has 0 aliphatic heterocycles. The van der Waals surface area contributed by atoms with E-state index in [1.54, 1.807) is 6.20 Å². The summed E-state index contributed by atoms with van der Waals surface area (Å²) in [6.07, 6.45) is 2.49. The first-order valence-electron chi connectivity index (χ1n) is 4.43. The lowest BCUT2D eigenvalue weighted by Gasteiger charge is -2.21. The number of aliphatic hydroxyl groups is 1. The van der Waals surface area contributed by atoms with Gasteiger partial charge in [0.2, 0.25) is 0 Å². The van der Waals surface area contributed by atoms with Gasteiger partial charge >= 0.3 is 0 Å². The van der Waals surface area contributed by atoms with Crippen molar-refractivity contribution in [3.05, 3.63) is 18.0 Å². The number of nitrogens with zero attached hydrogens (tertiary/aromatic N) is 2. The van der Waals surface area contributed by atoms with E-state index in [2.05, 4.69) is 5.10 Å². The van der Waals surface area contributed by atoms with Crippen LogP contribution in [0.15, 0.2) is 12.3 Å². The van der Waals surface area contributed by atoms with Gasteiger partial charge in [-0.05, 0) is 26.3 Å². The van der Waals surface area contributed by atoms with Gasteiger partial charge in [0, 0.05) is 24.0 Å². The molecule has 1 aromatic rings. The molecule has 4 heteroatoms. The summed E-state index contributed by atoms with van der Waals surface area (Å²) in [5.41, 5.74) is 6.41. The molecule has 0 aliphatic carbocycles. The van der Waals surface area contributed by atoms with Gasteiger partial charge in [0.25, 0.3) is 0 Å². The van der Waals surface area contributed by atoms with Crippen LogP contribution in [-0.2, 0) is 6.54 Å². The zero-order valence-electron chi connectivity index (χ0n) is 8.20. The second-order valence-electron chi connectivity index (χ2n) is 3.76. The predicted molar refractivity (Wildman–Crippen MR) is 51.3 cm³/mol. The van der Waals surface area contributed by atoms with Gasteiger partial charge in [0.1, 0.15) is 0 Å². The highest BCUT2D eigenvalue weighted by atomic mass is 16.3. The lowest BCUT2D eigenvalue weighted by atomic mass is 10.0. The molecule has 4 nitrogen and oxygen atoms in total. The second kappa shape index (κ2) is 3.89. The first-order chi connectivity index (χ1) is 6.05. The van der Waals surface area contributed by atoms with Crippen LogP contribution in [0.25, 0.3) is 0 Å². The van der Waals surface area contributed by atoms with Crippen molar-refractivity contribution in [1.29, 1.82) is 0 Å². The minimum Gasteiger partial charge on any atom is -0.394 e. The molecule has 1 heterocycles. The molecular formula is C9H17N3O. The topological polar surface area (TPSA) is 64.1 Å². The molecular weight excluding hydrogens is 166 g/mol. The smallest absolute Gasteiger partial charge is 0.0609 e. The molecule has 0 aromatic carbocycles. The molecule has 3 N–H and O–H groups in total. The molecule has 1 unspecified atom stereocenters. The Bertz CT molecular complexity index is 268. The van der Waals surface area contributed by atoms with Crippen molar-refractivity contribution >= 4 is 0 Å². The van der Waals surface area contributed by atoms with E-state index in [1.165, 1.54) is 0 Å². The van der Waals surface area contributed by atoms with Gasteiger partial charge in [-0.15, -0.1) is 0 Å². The lowest BCUT2D eigenvalue weighted by Crippen LogP contribution is -2.41. The van der Waals surface area contributed by atoms with Crippen LogP contribution < -0.4 is 5.73 Å². The van der Waals surface area contributed by atoms with Crippen molar-refractivity contribution in [2.45, 2.75) is 32.4 Å². The number of aromatic nitrogens is 2. The summed E-state index contributed by atoms with van der Waals surface area (Å²) in [5.74, 6) is 0. The summed E-state index contributed by atoms with van der Waals surface area (Å²) >= 11 is 0. The van der Waals surface area contributed by atoms with E-state index in [9.17, 15) is 0 Å². The Balaban J connectivity index is 2.48. The third-order valence-electron chi connectivity index (χ3n) is 2.18. The van der Waals surface area contributed by atoms with Gasteiger partial charge in [-0.2, -0.15) is 5.10 Å². The maximum Gasteiger partial charge on any atom is 0.0609 e. The highest BCUT2D eigenvalue weighted by Gasteiger charge is 2.16. The third kappa shape index (κ3) is 2.82.